The van der Waals surface area contributed by atoms with Crippen LogP contribution in [0.2, 0.25) is 0 Å². The van der Waals surface area contributed by atoms with E-state index in [1.807, 2.05) is 61.5 Å². The van der Waals surface area contributed by atoms with Crippen molar-refractivity contribution in [3.05, 3.63) is 71.6 Å². The zero-order valence-corrected chi connectivity index (χ0v) is 12.0. The molecular weight excluding hydrogens is 264 g/mol. The fourth-order valence-electron chi connectivity index (χ4n) is 1.76. The van der Waals surface area contributed by atoms with Crippen molar-refractivity contribution in [1.29, 1.82) is 0 Å². The molecule has 0 fully saturated rings. The van der Waals surface area contributed by atoms with Crippen LogP contribution in [0.3, 0.4) is 0 Å². The largest absolute Gasteiger partial charge is 0.445 e. The first kappa shape index (κ1) is 14.8. The lowest BCUT2D eigenvalue weighted by molar-refractivity contribution is 0.141. The van der Waals surface area contributed by atoms with Crippen molar-refractivity contribution in [1.82, 2.24) is 10.3 Å². The molecular formula is C17H18N2O2. The topological polar surface area (TPSA) is 51.2 Å². The van der Waals surface area contributed by atoms with Crippen molar-refractivity contribution in [2.75, 3.05) is 6.54 Å². The highest BCUT2D eigenvalue weighted by atomic mass is 16.5. The number of nitrogens with one attached hydrogen (secondary N) is 1. The van der Waals surface area contributed by atoms with Crippen molar-refractivity contribution >= 4 is 12.2 Å². The molecule has 0 bridgehead atoms. The lowest BCUT2D eigenvalue weighted by Crippen LogP contribution is -2.24. The molecule has 0 saturated heterocycles. The molecule has 0 saturated carbocycles. The van der Waals surface area contributed by atoms with E-state index in [1.165, 1.54) is 0 Å². The lowest BCUT2D eigenvalue weighted by Gasteiger charge is -2.05. The van der Waals surface area contributed by atoms with Gasteiger partial charge in [-0.25, -0.2) is 4.79 Å². The summed E-state index contributed by atoms with van der Waals surface area (Å²) in [6.07, 6.45) is 5.04. The summed E-state index contributed by atoms with van der Waals surface area (Å²) in [4.78, 5) is 15.8. The van der Waals surface area contributed by atoms with E-state index in [4.69, 9.17) is 4.74 Å². The first-order chi connectivity index (χ1) is 10.3. The van der Waals surface area contributed by atoms with Crippen LogP contribution in [0.15, 0.2) is 54.7 Å². The number of carbonyl (C=O) groups is 1. The summed E-state index contributed by atoms with van der Waals surface area (Å²) < 4.78 is 5.10. The number of rotatable bonds is 5. The Labute approximate surface area is 124 Å². The fraction of sp³-hybridized carbons (Fsp3) is 0.176. The zero-order chi connectivity index (χ0) is 14.9. The van der Waals surface area contributed by atoms with Crippen LogP contribution >= 0.6 is 0 Å². The summed E-state index contributed by atoms with van der Waals surface area (Å²) in [5.41, 5.74) is 2.96. The number of aromatic nitrogens is 1. The molecule has 0 spiro atoms. The molecule has 0 radical (unpaired) electrons. The average molecular weight is 282 g/mol. The Balaban J connectivity index is 1.71. The minimum Gasteiger partial charge on any atom is -0.445 e. The second-order valence-electron chi connectivity index (χ2n) is 4.55. The van der Waals surface area contributed by atoms with Crippen molar-refractivity contribution in [3.8, 4) is 0 Å². The number of benzene rings is 1. The fourth-order valence-corrected chi connectivity index (χ4v) is 1.76. The summed E-state index contributed by atoms with van der Waals surface area (Å²) in [7, 11) is 0. The maximum absolute atomic E-state index is 11.5. The van der Waals surface area contributed by atoms with Crippen LogP contribution in [-0.2, 0) is 11.3 Å². The van der Waals surface area contributed by atoms with Gasteiger partial charge in [-0.3, -0.25) is 4.98 Å². The Morgan fingerprint density at radius 3 is 2.81 bits per heavy atom. The number of pyridine rings is 1. The van der Waals surface area contributed by atoms with Crippen molar-refractivity contribution in [3.63, 3.8) is 0 Å². The van der Waals surface area contributed by atoms with Gasteiger partial charge in [0.25, 0.3) is 0 Å². The third kappa shape index (κ3) is 5.10. The minimum atomic E-state index is -0.429. The highest BCUT2D eigenvalue weighted by Crippen LogP contribution is 2.04. The number of carbonyl (C=O) groups excluding carboxylic acids is 1. The van der Waals surface area contributed by atoms with Gasteiger partial charge in [0.15, 0.2) is 0 Å². The van der Waals surface area contributed by atoms with E-state index in [9.17, 15) is 4.79 Å². The molecule has 1 N–H and O–H groups in total. The molecule has 1 aromatic heterocycles. The van der Waals surface area contributed by atoms with Gasteiger partial charge in [0, 0.05) is 12.7 Å². The number of aryl methyl sites for hydroxylation is 1. The molecule has 1 aromatic carbocycles. The molecule has 4 heteroatoms. The van der Waals surface area contributed by atoms with Crippen molar-refractivity contribution < 1.29 is 9.53 Å². The number of amides is 1. The highest BCUT2D eigenvalue weighted by molar-refractivity contribution is 5.67. The monoisotopic (exact) mass is 282 g/mol. The highest BCUT2D eigenvalue weighted by Gasteiger charge is 2.00. The number of hydrogen-bond donors (Lipinski definition) is 1. The van der Waals surface area contributed by atoms with Gasteiger partial charge >= 0.3 is 6.09 Å². The number of nitrogens with zero attached hydrogens (tertiary/aromatic N) is 1. The Bertz CT molecular complexity index is 609. The Morgan fingerprint density at radius 1 is 1.24 bits per heavy atom. The van der Waals surface area contributed by atoms with Gasteiger partial charge in [0.1, 0.15) is 6.61 Å². The van der Waals surface area contributed by atoms with Gasteiger partial charge in [0.2, 0.25) is 0 Å². The van der Waals surface area contributed by atoms with E-state index in [0.29, 0.717) is 6.54 Å². The Hall–Kier alpha value is -2.62. The normalized spacial score (nSPS) is 10.5. The summed E-state index contributed by atoms with van der Waals surface area (Å²) in [6, 6.07) is 13.5. The van der Waals surface area contributed by atoms with Gasteiger partial charge in [0.05, 0.1) is 5.69 Å². The molecule has 4 nitrogen and oxygen atoms in total. The summed E-state index contributed by atoms with van der Waals surface area (Å²) in [6.45, 7) is 2.67. The van der Waals surface area contributed by atoms with Crippen LogP contribution < -0.4 is 5.32 Å². The predicted octanol–water partition coefficient (Wildman–Crippen LogP) is 3.33. The standard InChI is InChI=1S/C17H18N2O2/c1-14-7-5-11-18-16(14)10-6-12-19-17(20)21-13-15-8-3-2-4-9-15/h2-11H,12-13H2,1H3,(H,19,20). The minimum absolute atomic E-state index is 0.274. The van der Waals surface area contributed by atoms with Gasteiger partial charge in [-0.05, 0) is 30.2 Å². The zero-order valence-electron chi connectivity index (χ0n) is 12.0. The molecule has 1 heterocycles. The van der Waals surface area contributed by atoms with Crippen LogP contribution in [0.5, 0.6) is 0 Å². The summed E-state index contributed by atoms with van der Waals surface area (Å²) in [5.74, 6) is 0. The molecule has 2 rings (SSSR count). The average Bonchev–Trinajstić information content (AvgIpc) is 2.52. The first-order valence-electron chi connectivity index (χ1n) is 6.78. The van der Waals surface area contributed by atoms with Gasteiger partial charge in [-0.1, -0.05) is 42.5 Å². The molecule has 1 amide bonds. The Kier molecular flexibility index (Phi) is 5.52. The van der Waals surface area contributed by atoms with Gasteiger partial charge < -0.3 is 10.1 Å². The summed E-state index contributed by atoms with van der Waals surface area (Å²) in [5, 5.41) is 2.67. The Morgan fingerprint density at radius 2 is 2.05 bits per heavy atom. The van der Waals surface area contributed by atoms with Crippen LogP contribution in [0.25, 0.3) is 6.08 Å². The molecule has 2 aromatic rings. The van der Waals surface area contributed by atoms with Crippen molar-refractivity contribution in [2.24, 2.45) is 0 Å². The maximum Gasteiger partial charge on any atom is 0.407 e. The van der Waals surface area contributed by atoms with Crippen LogP contribution in [0.1, 0.15) is 16.8 Å². The smallest absolute Gasteiger partial charge is 0.407 e. The third-order valence-electron chi connectivity index (χ3n) is 2.90. The molecule has 108 valence electrons. The van der Waals surface area contributed by atoms with E-state index < -0.39 is 6.09 Å². The number of hydrogen-bond acceptors (Lipinski definition) is 3. The second-order valence-corrected chi connectivity index (χ2v) is 4.55. The predicted molar refractivity (Wildman–Crippen MR) is 82.6 cm³/mol. The van der Waals surface area contributed by atoms with E-state index in [1.54, 1.807) is 6.20 Å². The SMILES string of the molecule is Cc1cccnc1C=CCNC(=O)OCc1ccccc1. The van der Waals surface area contributed by atoms with Gasteiger partial charge in [-0.15, -0.1) is 0 Å². The van der Waals surface area contributed by atoms with Crippen LogP contribution in [0.4, 0.5) is 4.79 Å². The number of ether oxygens (including phenoxy) is 1. The van der Waals surface area contributed by atoms with E-state index in [0.717, 1.165) is 16.8 Å². The maximum atomic E-state index is 11.5. The lowest BCUT2D eigenvalue weighted by atomic mass is 10.2. The molecule has 0 aliphatic heterocycles. The van der Waals surface area contributed by atoms with E-state index in [2.05, 4.69) is 10.3 Å². The van der Waals surface area contributed by atoms with Gasteiger partial charge in [-0.2, -0.15) is 0 Å². The molecule has 0 atom stereocenters. The van der Waals surface area contributed by atoms with Crippen LogP contribution in [0, 0.1) is 6.92 Å². The van der Waals surface area contributed by atoms with Crippen molar-refractivity contribution in [2.45, 2.75) is 13.5 Å². The molecule has 0 unspecified atom stereocenters. The van der Waals surface area contributed by atoms with Crippen LogP contribution in [-0.4, -0.2) is 17.6 Å². The molecule has 0 aliphatic carbocycles. The molecule has 0 aliphatic rings. The van der Waals surface area contributed by atoms with E-state index >= 15 is 0 Å². The number of alkyl carbamates (subject to hydrolysis) is 1. The summed E-state index contributed by atoms with van der Waals surface area (Å²) >= 11 is 0. The third-order valence-corrected chi connectivity index (χ3v) is 2.90. The van der Waals surface area contributed by atoms with E-state index in [-0.39, 0.29) is 6.61 Å². The molecule has 21 heavy (non-hydrogen) atoms. The quantitative estimate of drug-likeness (QED) is 0.915. The first-order valence-corrected chi connectivity index (χ1v) is 6.78. The second kappa shape index (κ2) is 7.85.